The quantitative estimate of drug-likeness (QED) is 0.445. The molecule has 0 radical (unpaired) electrons. The summed E-state index contributed by atoms with van der Waals surface area (Å²) in [6, 6.07) is 18.6. The third kappa shape index (κ3) is 4.37. The van der Waals surface area contributed by atoms with Crippen LogP contribution in [0.2, 0.25) is 0 Å². The number of fused-ring (bicyclic) bond motifs is 3. The van der Waals surface area contributed by atoms with Crippen LogP contribution in [0, 0.1) is 0 Å². The van der Waals surface area contributed by atoms with Gasteiger partial charge in [-0.3, -0.25) is 14.6 Å². The second kappa shape index (κ2) is 9.84. The summed E-state index contributed by atoms with van der Waals surface area (Å²) in [4.78, 5) is 33.2. The van der Waals surface area contributed by atoms with Crippen LogP contribution in [0.3, 0.4) is 0 Å². The molecule has 0 bridgehead atoms. The first kappa shape index (κ1) is 23.0. The van der Waals surface area contributed by atoms with E-state index in [2.05, 4.69) is 14.9 Å². The molecule has 0 spiro atoms. The van der Waals surface area contributed by atoms with Crippen molar-refractivity contribution >= 4 is 34.5 Å². The molecule has 2 aromatic carbocycles. The predicted octanol–water partition coefficient (Wildman–Crippen LogP) is 4.07. The number of ether oxygens (including phenoxy) is 1. The Morgan fingerprint density at radius 2 is 1.94 bits per heavy atom. The van der Waals surface area contributed by atoms with Gasteiger partial charge in [0.15, 0.2) is 0 Å². The number of carbonyl (C=O) groups is 2. The Labute approximate surface area is 208 Å². The summed E-state index contributed by atoms with van der Waals surface area (Å²) in [5, 5.41) is 4.98. The Kier molecular flexibility index (Phi) is 6.46. The van der Waals surface area contributed by atoms with Crippen molar-refractivity contribution in [1.82, 2.24) is 19.8 Å². The number of hydrogen-bond acceptors (Lipinski definition) is 5. The van der Waals surface area contributed by atoms with Gasteiger partial charge in [0.2, 0.25) is 11.8 Å². The molecule has 4 aromatic rings. The molecule has 2 amide bonds. The van der Waals surface area contributed by atoms with Crippen LogP contribution in [-0.2, 0) is 29.7 Å². The fourth-order valence-electron chi connectivity index (χ4n) is 4.62. The Hall–Kier alpha value is -3.78. The number of para-hydroxylation sites is 2. The van der Waals surface area contributed by atoms with Crippen molar-refractivity contribution in [3.63, 3.8) is 0 Å². The smallest absolute Gasteiger partial charge is 0.247 e. The van der Waals surface area contributed by atoms with Gasteiger partial charge in [-0.15, -0.1) is 0 Å². The monoisotopic (exact) mass is 486 g/mol. The van der Waals surface area contributed by atoms with Gasteiger partial charge in [-0.05, 0) is 23.8 Å². The highest BCUT2D eigenvalue weighted by atomic mass is 32.2. The zero-order valence-corrected chi connectivity index (χ0v) is 20.4. The van der Waals surface area contributed by atoms with E-state index in [1.165, 1.54) is 11.8 Å². The van der Waals surface area contributed by atoms with Crippen LogP contribution in [0.25, 0.3) is 10.9 Å². The zero-order valence-electron chi connectivity index (χ0n) is 19.6. The Morgan fingerprint density at radius 1 is 1.14 bits per heavy atom. The van der Waals surface area contributed by atoms with E-state index in [0.29, 0.717) is 18.8 Å². The van der Waals surface area contributed by atoms with Gasteiger partial charge in [0.05, 0.1) is 17.9 Å². The fourth-order valence-corrected chi connectivity index (χ4v) is 5.71. The number of methoxy groups -OCH3 is 1. The summed E-state index contributed by atoms with van der Waals surface area (Å²) in [5.74, 6) is 0.649. The predicted molar refractivity (Wildman–Crippen MR) is 136 cm³/mol. The van der Waals surface area contributed by atoms with Crippen LogP contribution in [0.5, 0.6) is 5.75 Å². The first-order valence-corrected chi connectivity index (χ1v) is 12.3. The fraction of sp³-hybridized carbons (Fsp3) is 0.222. The lowest BCUT2D eigenvalue weighted by molar-refractivity contribution is -0.139. The van der Waals surface area contributed by atoms with Crippen molar-refractivity contribution in [1.29, 1.82) is 0 Å². The number of amides is 2. The molecule has 35 heavy (non-hydrogen) atoms. The Balaban J connectivity index is 1.58. The second-order valence-electron chi connectivity index (χ2n) is 8.40. The second-order valence-corrected chi connectivity index (χ2v) is 9.36. The standard InChI is InChI=1S/C27H26N4O3S/c1-30-21-11-5-4-10-20(21)24-25(26(33)29-15-19-9-3-6-12-22(19)34-2)31(23(32)17-35-27(24)30)16-18-8-7-13-28-14-18/h3-14,25H,15-17H2,1-2H3,(H,29,33)/t25-/m0/s1. The molecule has 0 saturated carbocycles. The van der Waals surface area contributed by atoms with Crippen molar-refractivity contribution in [2.24, 2.45) is 7.05 Å². The number of thioether (sulfide) groups is 1. The van der Waals surface area contributed by atoms with Crippen molar-refractivity contribution in [2.75, 3.05) is 12.9 Å². The van der Waals surface area contributed by atoms with E-state index >= 15 is 0 Å². The minimum Gasteiger partial charge on any atom is -0.496 e. The molecule has 178 valence electrons. The lowest BCUT2D eigenvalue weighted by Gasteiger charge is -2.30. The molecule has 0 fully saturated rings. The van der Waals surface area contributed by atoms with E-state index in [-0.39, 0.29) is 17.6 Å². The third-order valence-corrected chi connectivity index (χ3v) is 7.46. The molecule has 7 nitrogen and oxygen atoms in total. The van der Waals surface area contributed by atoms with Crippen LogP contribution in [0.1, 0.15) is 22.7 Å². The van der Waals surface area contributed by atoms with Gasteiger partial charge in [0.1, 0.15) is 11.8 Å². The lowest BCUT2D eigenvalue weighted by Crippen LogP contribution is -2.43. The van der Waals surface area contributed by atoms with Crippen molar-refractivity contribution in [2.45, 2.75) is 24.2 Å². The summed E-state index contributed by atoms with van der Waals surface area (Å²) in [6.07, 6.45) is 3.43. The molecular formula is C27H26N4O3S. The molecule has 0 unspecified atom stereocenters. The maximum atomic E-state index is 13.9. The highest BCUT2D eigenvalue weighted by Crippen LogP contribution is 2.42. The maximum Gasteiger partial charge on any atom is 0.247 e. The SMILES string of the molecule is COc1ccccc1CNC(=O)[C@@H]1c2c(n(C)c3ccccc23)SCC(=O)N1Cc1cccnc1. The summed E-state index contributed by atoms with van der Waals surface area (Å²) in [6.45, 7) is 0.587. The average molecular weight is 487 g/mol. The Bertz CT molecular complexity index is 1390. The first-order valence-electron chi connectivity index (χ1n) is 11.4. The van der Waals surface area contributed by atoms with E-state index in [1.54, 1.807) is 24.4 Å². The minimum atomic E-state index is -0.784. The number of aromatic nitrogens is 2. The van der Waals surface area contributed by atoms with E-state index in [1.807, 2.05) is 67.7 Å². The zero-order chi connectivity index (χ0) is 24.4. The number of hydrogen-bond donors (Lipinski definition) is 1. The van der Waals surface area contributed by atoms with Crippen LogP contribution >= 0.6 is 11.8 Å². The number of aryl methyl sites for hydroxylation is 1. The van der Waals surface area contributed by atoms with Gasteiger partial charge in [-0.1, -0.05) is 54.2 Å². The molecular weight excluding hydrogens is 460 g/mol. The van der Waals surface area contributed by atoms with E-state index in [9.17, 15) is 9.59 Å². The lowest BCUT2D eigenvalue weighted by atomic mass is 10.0. The highest BCUT2D eigenvalue weighted by molar-refractivity contribution is 8.00. The summed E-state index contributed by atoms with van der Waals surface area (Å²) in [7, 11) is 3.60. The highest BCUT2D eigenvalue weighted by Gasteiger charge is 2.38. The minimum absolute atomic E-state index is 0.0865. The topological polar surface area (TPSA) is 76.5 Å². The van der Waals surface area contributed by atoms with Crippen molar-refractivity contribution in [3.05, 3.63) is 89.7 Å². The van der Waals surface area contributed by atoms with E-state index in [4.69, 9.17) is 4.74 Å². The largest absolute Gasteiger partial charge is 0.496 e. The summed E-state index contributed by atoms with van der Waals surface area (Å²) >= 11 is 1.48. The van der Waals surface area contributed by atoms with Crippen LogP contribution in [0.4, 0.5) is 0 Å². The van der Waals surface area contributed by atoms with Gasteiger partial charge < -0.3 is 19.5 Å². The van der Waals surface area contributed by atoms with Gasteiger partial charge >= 0.3 is 0 Å². The molecule has 3 heterocycles. The van der Waals surface area contributed by atoms with E-state index in [0.717, 1.165) is 32.6 Å². The molecule has 1 aliphatic heterocycles. The number of rotatable bonds is 6. The molecule has 0 aliphatic carbocycles. The molecule has 2 aromatic heterocycles. The third-order valence-electron chi connectivity index (χ3n) is 6.30. The van der Waals surface area contributed by atoms with Gasteiger partial charge in [0.25, 0.3) is 0 Å². The normalized spacial score (nSPS) is 15.5. The van der Waals surface area contributed by atoms with Gasteiger partial charge in [-0.25, -0.2) is 0 Å². The number of nitrogens with zero attached hydrogens (tertiary/aromatic N) is 3. The number of pyridine rings is 1. The maximum absolute atomic E-state index is 13.9. The van der Waals surface area contributed by atoms with Crippen LogP contribution < -0.4 is 10.1 Å². The van der Waals surface area contributed by atoms with Crippen LogP contribution in [-0.4, -0.2) is 39.1 Å². The first-order chi connectivity index (χ1) is 17.1. The number of carbonyl (C=O) groups excluding carboxylic acids is 2. The molecule has 0 saturated heterocycles. The van der Waals surface area contributed by atoms with Crippen molar-refractivity contribution < 1.29 is 14.3 Å². The molecule has 8 heteroatoms. The van der Waals surface area contributed by atoms with E-state index < -0.39 is 6.04 Å². The molecule has 1 atom stereocenters. The summed E-state index contributed by atoms with van der Waals surface area (Å²) < 4.78 is 7.53. The van der Waals surface area contributed by atoms with Crippen molar-refractivity contribution in [3.8, 4) is 5.75 Å². The van der Waals surface area contributed by atoms with Crippen LogP contribution in [0.15, 0.2) is 78.1 Å². The number of nitrogens with one attached hydrogen (secondary N) is 1. The number of benzene rings is 2. The molecule has 1 N–H and O–H groups in total. The summed E-state index contributed by atoms with van der Waals surface area (Å²) in [5.41, 5.74) is 3.63. The molecule has 1 aliphatic rings. The Morgan fingerprint density at radius 3 is 2.74 bits per heavy atom. The van der Waals surface area contributed by atoms with Gasteiger partial charge in [-0.2, -0.15) is 0 Å². The average Bonchev–Trinajstić information content (AvgIpc) is 3.08. The molecule has 5 rings (SSSR count). The van der Waals surface area contributed by atoms with Gasteiger partial charge in [0, 0.05) is 54.6 Å².